The van der Waals surface area contributed by atoms with E-state index in [2.05, 4.69) is 39.9 Å². The molecule has 0 aliphatic carbocycles. The summed E-state index contributed by atoms with van der Waals surface area (Å²) in [6, 6.07) is 9.53. The average Bonchev–Trinajstić information content (AvgIpc) is 3.00. The molecule has 0 atom stereocenters. The number of halogens is 1. The molecular weight excluding hydrogens is 385 g/mol. The Morgan fingerprint density at radius 2 is 1.81 bits per heavy atom. The third kappa shape index (κ3) is 5.09. The SMILES string of the molecule is CN(C)Sc1ccc(SNc2cccc(F)c2N2CCC(C)(C)CC2)s1. The minimum absolute atomic E-state index is 0.148. The highest BCUT2D eigenvalue weighted by atomic mass is 32.2. The van der Waals surface area contributed by atoms with Crippen LogP contribution in [-0.4, -0.2) is 31.5 Å². The van der Waals surface area contributed by atoms with Crippen molar-refractivity contribution < 1.29 is 4.39 Å². The standard InChI is InChI=1S/C19H26FN3S3/c1-19(2)10-12-23(13-11-19)18-14(20)6-5-7-15(18)21-25-16-8-9-17(24-16)26-22(3)4/h5-9,21H,10-13H2,1-4H3. The molecular formula is C19H26FN3S3. The maximum absolute atomic E-state index is 14.6. The molecule has 1 aromatic carbocycles. The molecule has 26 heavy (non-hydrogen) atoms. The van der Waals surface area contributed by atoms with Crippen LogP contribution in [0.2, 0.25) is 0 Å². The minimum atomic E-state index is -0.148. The van der Waals surface area contributed by atoms with E-state index in [1.807, 2.05) is 20.2 Å². The van der Waals surface area contributed by atoms with E-state index in [0.29, 0.717) is 11.1 Å². The largest absolute Gasteiger partial charge is 0.367 e. The Morgan fingerprint density at radius 3 is 2.50 bits per heavy atom. The van der Waals surface area contributed by atoms with E-state index in [-0.39, 0.29) is 5.82 Å². The Balaban J connectivity index is 1.70. The molecule has 1 aromatic heterocycles. The number of rotatable bonds is 6. The molecule has 1 aliphatic heterocycles. The third-order valence-electron chi connectivity index (χ3n) is 4.51. The summed E-state index contributed by atoms with van der Waals surface area (Å²) in [5, 5.41) is 0. The van der Waals surface area contributed by atoms with Crippen molar-refractivity contribution in [3.63, 3.8) is 0 Å². The number of piperidine rings is 1. The molecule has 3 nitrogen and oxygen atoms in total. The lowest BCUT2D eigenvalue weighted by Gasteiger charge is -2.39. The molecule has 1 fully saturated rings. The number of nitrogens with one attached hydrogen (secondary N) is 1. The first-order chi connectivity index (χ1) is 12.3. The van der Waals surface area contributed by atoms with Gasteiger partial charge in [0.1, 0.15) is 5.82 Å². The molecule has 2 aromatic rings. The number of benzene rings is 1. The van der Waals surface area contributed by atoms with E-state index in [0.717, 1.165) is 31.6 Å². The maximum Gasteiger partial charge on any atom is 0.148 e. The second kappa shape index (κ2) is 8.42. The Bertz CT molecular complexity index is 735. The minimum Gasteiger partial charge on any atom is -0.367 e. The van der Waals surface area contributed by atoms with Crippen LogP contribution >= 0.6 is 35.2 Å². The average molecular weight is 412 g/mol. The van der Waals surface area contributed by atoms with Gasteiger partial charge in [-0.3, -0.25) is 4.31 Å². The molecule has 3 rings (SSSR count). The summed E-state index contributed by atoms with van der Waals surface area (Å²) in [4.78, 5) is 2.19. The van der Waals surface area contributed by atoms with Crippen molar-refractivity contribution in [2.24, 2.45) is 5.41 Å². The van der Waals surface area contributed by atoms with Gasteiger partial charge in [-0.15, -0.1) is 11.3 Å². The lowest BCUT2D eigenvalue weighted by Crippen LogP contribution is -2.38. The Morgan fingerprint density at radius 1 is 1.12 bits per heavy atom. The molecule has 0 bridgehead atoms. The molecule has 0 saturated carbocycles. The molecule has 0 radical (unpaired) electrons. The summed E-state index contributed by atoms with van der Waals surface area (Å²) in [5.74, 6) is -0.148. The van der Waals surface area contributed by atoms with Crippen molar-refractivity contribution in [1.29, 1.82) is 0 Å². The van der Waals surface area contributed by atoms with E-state index in [1.165, 1.54) is 8.42 Å². The fourth-order valence-corrected chi connectivity index (χ4v) is 6.00. The number of para-hydroxylation sites is 1. The summed E-state index contributed by atoms with van der Waals surface area (Å²) in [6.45, 7) is 6.38. The molecule has 7 heteroatoms. The first kappa shape index (κ1) is 19.9. The van der Waals surface area contributed by atoms with Crippen molar-refractivity contribution >= 4 is 46.6 Å². The number of nitrogens with zero attached hydrogens (tertiary/aromatic N) is 2. The molecule has 2 heterocycles. The van der Waals surface area contributed by atoms with Crippen LogP contribution in [0.25, 0.3) is 0 Å². The quantitative estimate of drug-likeness (QED) is 0.569. The zero-order valence-corrected chi connectivity index (χ0v) is 18.2. The Hall–Kier alpha value is -0.890. The van der Waals surface area contributed by atoms with E-state index in [1.54, 1.807) is 47.4 Å². The predicted octanol–water partition coefficient (Wildman–Crippen LogP) is 6.20. The number of thiophene rings is 1. The predicted molar refractivity (Wildman–Crippen MR) is 115 cm³/mol. The molecule has 1 aliphatic rings. The van der Waals surface area contributed by atoms with Gasteiger partial charge in [0.2, 0.25) is 0 Å². The van der Waals surface area contributed by atoms with E-state index in [9.17, 15) is 4.39 Å². The van der Waals surface area contributed by atoms with Crippen molar-refractivity contribution in [1.82, 2.24) is 4.31 Å². The lowest BCUT2D eigenvalue weighted by molar-refractivity contribution is 0.279. The van der Waals surface area contributed by atoms with Gasteiger partial charge in [0.15, 0.2) is 0 Å². The van der Waals surface area contributed by atoms with Gasteiger partial charge in [0, 0.05) is 13.1 Å². The highest BCUT2D eigenvalue weighted by Gasteiger charge is 2.28. The molecule has 0 spiro atoms. The van der Waals surface area contributed by atoms with E-state index >= 15 is 0 Å². The molecule has 1 N–H and O–H groups in total. The monoisotopic (exact) mass is 411 g/mol. The van der Waals surface area contributed by atoms with Gasteiger partial charge in [-0.2, -0.15) is 0 Å². The van der Waals surface area contributed by atoms with Gasteiger partial charge in [-0.1, -0.05) is 19.9 Å². The zero-order chi connectivity index (χ0) is 18.7. The van der Waals surface area contributed by atoms with Crippen molar-refractivity contribution in [3.05, 3.63) is 36.1 Å². The molecule has 0 unspecified atom stereocenters. The zero-order valence-electron chi connectivity index (χ0n) is 15.7. The van der Waals surface area contributed by atoms with Gasteiger partial charge < -0.3 is 9.62 Å². The lowest BCUT2D eigenvalue weighted by atomic mass is 9.82. The number of hydrogen-bond acceptors (Lipinski definition) is 6. The molecule has 0 amide bonds. The smallest absolute Gasteiger partial charge is 0.148 e. The van der Waals surface area contributed by atoms with Crippen LogP contribution in [0.4, 0.5) is 15.8 Å². The molecule has 142 valence electrons. The van der Waals surface area contributed by atoms with Crippen molar-refractivity contribution in [3.8, 4) is 0 Å². The second-order valence-corrected chi connectivity index (χ2v) is 11.3. The summed E-state index contributed by atoms with van der Waals surface area (Å²) in [5.41, 5.74) is 1.90. The topological polar surface area (TPSA) is 18.5 Å². The highest BCUT2D eigenvalue weighted by molar-refractivity contribution is 8.03. The number of anilines is 2. The van der Waals surface area contributed by atoms with Crippen LogP contribution in [0.1, 0.15) is 26.7 Å². The van der Waals surface area contributed by atoms with Crippen molar-refractivity contribution in [2.45, 2.75) is 35.1 Å². The van der Waals surface area contributed by atoms with Crippen LogP contribution < -0.4 is 9.62 Å². The number of hydrogen-bond donors (Lipinski definition) is 1. The Kier molecular flexibility index (Phi) is 6.43. The maximum atomic E-state index is 14.6. The third-order valence-corrected chi connectivity index (χ3v) is 7.50. The van der Waals surface area contributed by atoms with E-state index < -0.39 is 0 Å². The fourth-order valence-electron chi connectivity index (χ4n) is 2.95. The second-order valence-electron chi connectivity index (χ2n) is 7.47. The normalized spacial score (nSPS) is 16.9. The van der Waals surface area contributed by atoms with Gasteiger partial charge in [-0.05, 0) is 80.5 Å². The van der Waals surface area contributed by atoms with Gasteiger partial charge >= 0.3 is 0 Å². The van der Waals surface area contributed by atoms with Crippen LogP contribution in [-0.2, 0) is 0 Å². The fraction of sp³-hybridized carbons (Fsp3) is 0.474. The summed E-state index contributed by atoms with van der Waals surface area (Å²) in [7, 11) is 4.07. The van der Waals surface area contributed by atoms with Crippen LogP contribution in [0.3, 0.4) is 0 Å². The first-order valence-electron chi connectivity index (χ1n) is 8.75. The summed E-state index contributed by atoms with van der Waals surface area (Å²) < 4.78 is 22.5. The Labute approximate surface area is 168 Å². The summed E-state index contributed by atoms with van der Waals surface area (Å²) in [6.07, 6.45) is 2.17. The van der Waals surface area contributed by atoms with Gasteiger partial charge in [0.05, 0.1) is 19.8 Å². The van der Waals surface area contributed by atoms with E-state index in [4.69, 9.17) is 0 Å². The van der Waals surface area contributed by atoms with Crippen molar-refractivity contribution in [2.75, 3.05) is 36.8 Å². The highest BCUT2D eigenvalue weighted by Crippen LogP contribution is 2.39. The molecule has 1 saturated heterocycles. The van der Waals surface area contributed by atoms with Gasteiger partial charge in [-0.25, -0.2) is 4.39 Å². The first-order valence-corrected chi connectivity index (χ1v) is 11.2. The van der Waals surface area contributed by atoms with Gasteiger partial charge in [0.25, 0.3) is 0 Å². The summed E-state index contributed by atoms with van der Waals surface area (Å²) >= 11 is 5.00. The van der Waals surface area contributed by atoms with Crippen LogP contribution in [0.5, 0.6) is 0 Å². The van der Waals surface area contributed by atoms with Crippen LogP contribution in [0, 0.1) is 11.2 Å². The van der Waals surface area contributed by atoms with Crippen LogP contribution in [0.15, 0.2) is 38.8 Å².